The minimum Gasteiger partial charge on any atom is -0.378 e. The number of nitrogens with one attached hydrogen (secondary N) is 1. The summed E-state index contributed by atoms with van der Waals surface area (Å²) >= 11 is 0. The summed E-state index contributed by atoms with van der Waals surface area (Å²) in [5, 5.41) is 6.76. The van der Waals surface area contributed by atoms with Gasteiger partial charge in [-0.15, -0.1) is 0 Å². The van der Waals surface area contributed by atoms with E-state index in [4.69, 9.17) is 14.0 Å². The van der Waals surface area contributed by atoms with Crippen molar-refractivity contribution in [2.24, 2.45) is 0 Å². The molecule has 6 nitrogen and oxygen atoms in total. The van der Waals surface area contributed by atoms with Crippen LogP contribution in [0.5, 0.6) is 0 Å². The predicted octanol–water partition coefficient (Wildman–Crippen LogP) is 1.51. The molecule has 2 heterocycles. The third kappa shape index (κ3) is 3.54. The number of carbonyl (C=O) groups excluding carboxylic acids is 1. The Kier molecular flexibility index (Phi) is 4.21. The highest BCUT2D eigenvalue weighted by Gasteiger charge is 2.30. The first-order valence-corrected chi connectivity index (χ1v) is 6.39. The standard InChI is InChI=1S/C13H20N2O4/c1-13(2)6-9(4-5-18-13)14-12(16)10-7-19-15-11(10)8-17-3/h7,9H,4-6,8H2,1-3H3,(H,14,16). The van der Waals surface area contributed by atoms with E-state index in [2.05, 4.69) is 10.5 Å². The first-order valence-electron chi connectivity index (χ1n) is 6.39. The maximum absolute atomic E-state index is 12.2. The second kappa shape index (κ2) is 5.71. The fourth-order valence-electron chi connectivity index (χ4n) is 2.30. The summed E-state index contributed by atoms with van der Waals surface area (Å²) in [6.07, 6.45) is 2.97. The van der Waals surface area contributed by atoms with Crippen LogP contribution in [0, 0.1) is 0 Å². The van der Waals surface area contributed by atoms with Crippen LogP contribution in [-0.2, 0) is 16.1 Å². The lowest BCUT2D eigenvalue weighted by molar-refractivity contribution is -0.0615. The van der Waals surface area contributed by atoms with Crippen molar-refractivity contribution < 1.29 is 18.8 Å². The number of aromatic nitrogens is 1. The van der Waals surface area contributed by atoms with Gasteiger partial charge in [0.2, 0.25) is 0 Å². The Labute approximate surface area is 112 Å². The Balaban J connectivity index is 1.98. The third-order valence-electron chi connectivity index (χ3n) is 3.20. The van der Waals surface area contributed by atoms with Crippen LogP contribution in [0.3, 0.4) is 0 Å². The highest BCUT2D eigenvalue weighted by atomic mass is 16.5. The van der Waals surface area contributed by atoms with Gasteiger partial charge >= 0.3 is 0 Å². The zero-order valence-electron chi connectivity index (χ0n) is 11.6. The fraction of sp³-hybridized carbons (Fsp3) is 0.692. The van der Waals surface area contributed by atoms with Crippen molar-refractivity contribution in [3.8, 4) is 0 Å². The molecule has 1 aromatic rings. The molecule has 1 atom stereocenters. The lowest BCUT2D eigenvalue weighted by atomic mass is 9.94. The summed E-state index contributed by atoms with van der Waals surface area (Å²) in [4.78, 5) is 12.2. The minimum absolute atomic E-state index is 0.113. The van der Waals surface area contributed by atoms with Gasteiger partial charge in [0.1, 0.15) is 17.5 Å². The Morgan fingerprint density at radius 2 is 2.42 bits per heavy atom. The highest BCUT2D eigenvalue weighted by molar-refractivity contribution is 5.95. The van der Waals surface area contributed by atoms with Gasteiger partial charge in [-0.2, -0.15) is 0 Å². The lowest BCUT2D eigenvalue weighted by Crippen LogP contribution is -2.45. The van der Waals surface area contributed by atoms with Crippen molar-refractivity contribution in [2.45, 2.75) is 44.9 Å². The van der Waals surface area contributed by atoms with Crippen LogP contribution in [0.15, 0.2) is 10.8 Å². The fourth-order valence-corrected chi connectivity index (χ4v) is 2.30. The maximum Gasteiger partial charge on any atom is 0.256 e. The van der Waals surface area contributed by atoms with Gasteiger partial charge in [-0.3, -0.25) is 4.79 Å². The molecule has 1 fully saturated rings. The van der Waals surface area contributed by atoms with Gasteiger partial charge in [0, 0.05) is 19.8 Å². The molecule has 1 aliphatic heterocycles. The van der Waals surface area contributed by atoms with Crippen molar-refractivity contribution in [1.82, 2.24) is 10.5 Å². The highest BCUT2D eigenvalue weighted by Crippen LogP contribution is 2.24. The average molecular weight is 268 g/mol. The lowest BCUT2D eigenvalue weighted by Gasteiger charge is -2.35. The molecule has 0 saturated carbocycles. The first-order chi connectivity index (χ1) is 9.02. The van der Waals surface area contributed by atoms with Gasteiger partial charge in [0.25, 0.3) is 5.91 Å². The molecule has 0 bridgehead atoms. The number of hydrogen-bond donors (Lipinski definition) is 1. The molecule has 1 saturated heterocycles. The van der Waals surface area contributed by atoms with Crippen LogP contribution < -0.4 is 5.32 Å². The van der Waals surface area contributed by atoms with E-state index in [9.17, 15) is 4.79 Å². The van der Waals surface area contributed by atoms with E-state index in [-0.39, 0.29) is 24.2 Å². The predicted molar refractivity (Wildman–Crippen MR) is 67.7 cm³/mol. The molecule has 1 N–H and O–H groups in total. The molecular weight excluding hydrogens is 248 g/mol. The summed E-state index contributed by atoms with van der Waals surface area (Å²) in [6, 6.07) is 0.113. The molecule has 1 aliphatic rings. The van der Waals surface area contributed by atoms with Crippen LogP contribution in [0.4, 0.5) is 0 Å². The van der Waals surface area contributed by atoms with Gasteiger partial charge in [-0.25, -0.2) is 0 Å². The normalized spacial score (nSPS) is 22.2. The van der Waals surface area contributed by atoms with Crippen molar-refractivity contribution in [3.05, 3.63) is 17.5 Å². The molecule has 0 radical (unpaired) electrons. The number of rotatable bonds is 4. The molecule has 19 heavy (non-hydrogen) atoms. The second-order valence-corrected chi connectivity index (χ2v) is 5.38. The molecule has 1 amide bonds. The van der Waals surface area contributed by atoms with Crippen molar-refractivity contribution in [2.75, 3.05) is 13.7 Å². The Bertz CT molecular complexity index is 442. The van der Waals surface area contributed by atoms with Gasteiger partial charge in [-0.05, 0) is 26.7 Å². The molecule has 1 aromatic heterocycles. The average Bonchev–Trinajstić information content (AvgIpc) is 2.76. The second-order valence-electron chi connectivity index (χ2n) is 5.38. The maximum atomic E-state index is 12.2. The SMILES string of the molecule is COCc1nocc1C(=O)NC1CCOC(C)(C)C1. The van der Waals surface area contributed by atoms with Gasteiger partial charge < -0.3 is 19.3 Å². The van der Waals surface area contributed by atoms with Crippen LogP contribution in [0.2, 0.25) is 0 Å². The monoisotopic (exact) mass is 268 g/mol. The zero-order chi connectivity index (χ0) is 13.9. The molecule has 0 spiro atoms. The molecule has 2 rings (SSSR count). The van der Waals surface area contributed by atoms with E-state index in [0.717, 1.165) is 12.8 Å². The smallest absolute Gasteiger partial charge is 0.256 e. The van der Waals surface area contributed by atoms with Crippen LogP contribution in [0.1, 0.15) is 42.7 Å². The van der Waals surface area contributed by atoms with E-state index < -0.39 is 0 Å². The number of ether oxygens (including phenoxy) is 2. The Morgan fingerprint density at radius 1 is 1.63 bits per heavy atom. The quantitative estimate of drug-likeness (QED) is 0.896. The number of carbonyl (C=O) groups is 1. The Morgan fingerprint density at radius 3 is 3.11 bits per heavy atom. The van der Waals surface area contributed by atoms with E-state index in [1.165, 1.54) is 6.26 Å². The van der Waals surface area contributed by atoms with E-state index in [1.54, 1.807) is 7.11 Å². The third-order valence-corrected chi connectivity index (χ3v) is 3.20. The van der Waals surface area contributed by atoms with Crippen LogP contribution >= 0.6 is 0 Å². The molecule has 0 aromatic carbocycles. The zero-order valence-corrected chi connectivity index (χ0v) is 11.6. The first kappa shape index (κ1) is 14.0. The van der Waals surface area contributed by atoms with Crippen LogP contribution in [0.25, 0.3) is 0 Å². The van der Waals surface area contributed by atoms with E-state index >= 15 is 0 Å². The summed E-state index contributed by atoms with van der Waals surface area (Å²) in [5.41, 5.74) is 0.762. The van der Waals surface area contributed by atoms with Gasteiger partial charge in [0.05, 0.1) is 12.2 Å². The molecule has 1 unspecified atom stereocenters. The van der Waals surface area contributed by atoms with Gasteiger partial charge in [0.15, 0.2) is 0 Å². The Hall–Kier alpha value is -1.40. The van der Waals surface area contributed by atoms with Crippen LogP contribution in [-0.4, -0.2) is 36.4 Å². The molecule has 0 aliphatic carbocycles. The van der Waals surface area contributed by atoms with Gasteiger partial charge in [-0.1, -0.05) is 5.16 Å². The van der Waals surface area contributed by atoms with Crippen molar-refractivity contribution in [3.63, 3.8) is 0 Å². The molecule has 6 heteroatoms. The number of nitrogens with zero attached hydrogens (tertiary/aromatic N) is 1. The van der Waals surface area contributed by atoms with E-state index in [0.29, 0.717) is 17.9 Å². The molecule has 106 valence electrons. The summed E-state index contributed by atoms with van der Waals surface area (Å²) in [6.45, 7) is 4.98. The number of methoxy groups -OCH3 is 1. The minimum atomic E-state index is -0.194. The largest absolute Gasteiger partial charge is 0.378 e. The van der Waals surface area contributed by atoms with Crippen molar-refractivity contribution in [1.29, 1.82) is 0 Å². The topological polar surface area (TPSA) is 73.6 Å². The summed E-state index contributed by atoms with van der Waals surface area (Å²) in [5.74, 6) is -0.170. The van der Waals surface area contributed by atoms with E-state index in [1.807, 2.05) is 13.8 Å². The van der Waals surface area contributed by atoms with Crippen molar-refractivity contribution >= 4 is 5.91 Å². The number of hydrogen-bond acceptors (Lipinski definition) is 5. The summed E-state index contributed by atoms with van der Waals surface area (Å²) < 4.78 is 15.4. The molecular formula is C13H20N2O4. The number of amides is 1. The summed E-state index contributed by atoms with van der Waals surface area (Å²) in [7, 11) is 1.55.